The van der Waals surface area contributed by atoms with Gasteiger partial charge in [-0.15, -0.1) is 0 Å². The van der Waals surface area contributed by atoms with Crippen LogP contribution in [0.1, 0.15) is 12.5 Å². The van der Waals surface area contributed by atoms with Crippen LogP contribution >= 0.6 is 0 Å². The topological polar surface area (TPSA) is 73.0 Å². The molecule has 0 aliphatic heterocycles. The molecule has 0 aliphatic rings. The van der Waals surface area contributed by atoms with Crippen molar-refractivity contribution in [2.45, 2.75) is 13.3 Å². The molecule has 1 aromatic carbocycles. The molecule has 1 aromatic rings. The third-order valence-electron chi connectivity index (χ3n) is 1.73. The number of benzene rings is 1. The van der Waals surface area contributed by atoms with Crippen molar-refractivity contribution in [2.75, 3.05) is 0 Å². The normalized spacial score (nSPS) is 11.6. The molecular formula is C9H11NO3. The third-order valence-corrected chi connectivity index (χ3v) is 1.73. The third kappa shape index (κ3) is 2.11. The van der Waals surface area contributed by atoms with Gasteiger partial charge < -0.3 is 15.4 Å². The SMILES string of the molecule is CC(Cc1c(O)cccc1O)=NO. The summed E-state index contributed by atoms with van der Waals surface area (Å²) in [6.45, 7) is 1.60. The molecule has 0 heterocycles. The summed E-state index contributed by atoms with van der Waals surface area (Å²) in [5.41, 5.74) is 0.801. The van der Waals surface area contributed by atoms with Crippen molar-refractivity contribution in [3.05, 3.63) is 23.8 Å². The van der Waals surface area contributed by atoms with Crippen molar-refractivity contribution in [3.63, 3.8) is 0 Å². The Morgan fingerprint density at radius 2 is 1.85 bits per heavy atom. The van der Waals surface area contributed by atoms with Crippen LogP contribution in [-0.2, 0) is 6.42 Å². The summed E-state index contributed by atoms with van der Waals surface area (Å²) in [6.07, 6.45) is 0.231. The number of nitrogens with zero attached hydrogens (tertiary/aromatic N) is 1. The highest BCUT2D eigenvalue weighted by Gasteiger charge is 2.07. The van der Waals surface area contributed by atoms with Gasteiger partial charge in [0.2, 0.25) is 0 Å². The van der Waals surface area contributed by atoms with Gasteiger partial charge in [-0.2, -0.15) is 0 Å². The second-order valence-corrected chi connectivity index (χ2v) is 2.79. The lowest BCUT2D eigenvalue weighted by Gasteiger charge is -2.05. The van der Waals surface area contributed by atoms with Gasteiger partial charge in [0.25, 0.3) is 0 Å². The molecule has 1 rings (SSSR count). The van der Waals surface area contributed by atoms with E-state index >= 15 is 0 Å². The second-order valence-electron chi connectivity index (χ2n) is 2.79. The van der Waals surface area contributed by atoms with Crippen LogP contribution in [0.2, 0.25) is 0 Å². The fourth-order valence-electron chi connectivity index (χ4n) is 1.04. The van der Waals surface area contributed by atoms with Gasteiger partial charge in [0.15, 0.2) is 0 Å². The van der Waals surface area contributed by atoms with E-state index in [1.807, 2.05) is 0 Å². The summed E-state index contributed by atoms with van der Waals surface area (Å²) in [4.78, 5) is 0. The molecule has 0 bridgehead atoms. The molecule has 0 spiro atoms. The molecule has 4 heteroatoms. The molecule has 0 unspecified atom stereocenters. The van der Waals surface area contributed by atoms with E-state index in [-0.39, 0.29) is 17.9 Å². The van der Waals surface area contributed by atoms with Crippen LogP contribution in [0.3, 0.4) is 0 Å². The molecule has 0 aliphatic carbocycles. The number of aromatic hydroxyl groups is 2. The van der Waals surface area contributed by atoms with Crippen molar-refractivity contribution in [1.82, 2.24) is 0 Å². The van der Waals surface area contributed by atoms with Crippen LogP contribution in [0.25, 0.3) is 0 Å². The molecule has 0 radical (unpaired) electrons. The quantitative estimate of drug-likeness (QED) is 0.367. The molecule has 0 amide bonds. The van der Waals surface area contributed by atoms with Gasteiger partial charge >= 0.3 is 0 Å². The van der Waals surface area contributed by atoms with Crippen LogP contribution in [0.15, 0.2) is 23.4 Å². The van der Waals surface area contributed by atoms with E-state index in [9.17, 15) is 10.2 Å². The predicted octanol–water partition coefficient (Wildman–Crippen LogP) is 1.49. The Balaban J connectivity index is 3.00. The van der Waals surface area contributed by atoms with E-state index in [4.69, 9.17) is 5.21 Å². The molecule has 0 fully saturated rings. The second kappa shape index (κ2) is 3.80. The molecule has 0 aromatic heterocycles. The van der Waals surface area contributed by atoms with Gasteiger partial charge in [0.05, 0.1) is 5.71 Å². The standard InChI is InChI=1S/C9H11NO3/c1-6(10-13)5-7-8(11)3-2-4-9(7)12/h2-4,11-13H,5H2,1H3. The molecule has 0 saturated heterocycles. The van der Waals surface area contributed by atoms with Gasteiger partial charge in [-0.1, -0.05) is 11.2 Å². The van der Waals surface area contributed by atoms with Gasteiger partial charge in [-0.3, -0.25) is 0 Å². The van der Waals surface area contributed by atoms with Crippen molar-refractivity contribution >= 4 is 5.71 Å². The van der Waals surface area contributed by atoms with Crippen molar-refractivity contribution < 1.29 is 15.4 Å². The lowest BCUT2D eigenvalue weighted by Crippen LogP contribution is -1.98. The van der Waals surface area contributed by atoms with Gasteiger partial charge in [-0.25, -0.2) is 0 Å². The molecular weight excluding hydrogens is 170 g/mol. The zero-order chi connectivity index (χ0) is 9.84. The van der Waals surface area contributed by atoms with E-state index < -0.39 is 0 Å². The summed E-state index contributed by atoms with van der Waals surface area (Å²) in [6, 6.07) is 4.49. The van der Waals surface area contributed by atoms with Crippen LogP contribution in [-0.4, -0.2) is 21.1 Å². The minimum atomic E-state index is 0.00278. The number of oxime groups is 1. The van der Waals surface area contributed by atoms with Crippen molar-refractivity contribution in [2.24, 2.45) is 5.16 Å². The summed E-state index contributed by atoms with van der Waals surface area (Å²) in [5, 5.41) is 30.0. The number of rotatable bonds is 2. The highest BCUT2D eigenvalue weighted by atomic mass is 16.4. The molecule has 70 valence electrons. The zero-order valence-corrected chi connectivity index (χ0v) is 7.23. The number of phenols is 2. The highest BCUT2D eigenvalue weighted by Crippen LogP contribution is 2.26. The first-order chi connectivity index (χ1) is 6.15. The Hall–Kier alpha value is -1.71. The van der Waals surface area contributed by atoms with Crippen LogP contribution in [0.4, 0.5) is 0 Å². The fraction of sp³-hybridized carbons (Fsp3) is 0.222. The Labute approximate surface area is 75.8 Å². The average Bonchev–Trinajstić information content (AvgIpc) is 2.11. The van der Waals surface area contributed by atoms with E-state index in [2.05, 4.69) is 5.16 Å². The first kappa shape index (κ1) is 9.38. The Kier molecular flexibility index (Phi) is 2.74. The largest absolute Gasteiger partial charge is 0.508 e. The Morgan fingerprint density at radius 1 is 1.31 bits per heavy atom. The first-order valence-electron chi connectivity index (χ1n) is 3.82. The summed E-state index contributed by atoms with van der Waals surface area (Å²) < 4.78 is 0. The molecule has 0 atom stereocenters. The van der Waals surface area contributed by atoms with Crippen LogP contribution in [0.5, 0.6) is 11.5 Å². The zero-order valence-electron chi connectivity index (χ0n) is 7.23. The van der Waals surface area contributed by atoms with Gasteiger partial charge in [0, 0.05) is 12.0 Å². The van der Waals surface area contributed by atoms with E-state index in [0.717, 1.165) is 0 Å². The maximum Gasteiger partial charge on any atom is 0.122 e. The minimum absolute atomic E-state index is 0.00278. The van der Waals surface area contributed by atoms with E-state index in [1.165, 1.54) is 12.1 Å². The monoisotopic (exact) mass is 181 g/mol. The van der Waals surface area contributed by atoms with Crippen LogP contribution < -0.4 is 0 Å². The highest BCUT2D eigenvalue weighted by molar-refractivity contribution is 5.84. The number of hydrogen-bond acceptors (Lipinski definition) is 4. The molecule has 3 N–H and O–H groups in total. The fourth-order valence-corrected chi connectivity index (χ4v) is 1.04. The lowest BCUT2D eigenvalue weighted by molar-refractivity contribution is 0.317. The van der Waals surface area contributed by atoms with Gasteiger partial charge in [0.1, 0.15) is 11.5 Å². The first-order valence-corrected chi connectivity index (χ1v) is 3.82. The van der Waals surface area contributed by atoms with Gasteiger partial charge in [-0.05, 0) is 19.1 Å². The summed E-state index contributed by atoms with van der Waals surface area (Å²) in [5.74, 6) is 0.00556. The minimum Gasteiger partial charge on any atom is -0.508 e. The van der Waals surface area contributed by atoms with Crippen molar-refractivity contribution in [3.8, 4) is 11.5 Å². The molecule has 4 nitrogen and oxygen atoms in total. The Morgan fingerprint density at radius 3 is 2.31 bits per heavy atom. The van der Waals surface area contributed by atoms with E-state index in [0.29, 0.717) is 11.3 Å². The maximum atomic E-state index is 9.34. The lowest BCUT2D eigenvalue weighted by atomic mass is 10.1. The smallest absolute Gasteiger partial charge is 0.122 e. The molecule has 13 heavy (non-hydrogen) atoms. The van der Waals surface area contributed by atoms with E-state index in [1.54, 1.807) is 13.0 Å². The van der Waals surface area contributed by atoms with Crippen LogP contribution in [0, 0.1) is 0 Å². The summed E-state index contributed by atoms with van der Waals surface area (Å²) >= 11 is 0. The Bertz CT molecular complexity index is 313. The average molecular weight is 181 g/mol. The maximum absolute atomic E-state index is 9.34. The van der Waals surface area contributed by atoms with Crippen molar-refractivity contribution in [1.29, 1.82) is 0 Å². The number of phenolic OH excluding ortho intramolecular Hbond substituents is 2. The number of hydrogen-bond donors (Lipinski definition) is 3. The summed E-state index contributed by atoms with van der Waals surface area (Å²) in [7, 11) is 0. The molecule has 0 saturated carbocycles. The predicted molar refractivity (Wildman–Crippen MR) is 48.4 cm³/mol.